The Kier molecular flexibility index (Phi) is 3.32. The van der Waals surface area contributed by atoms with Gasteiger partial charge in [0.15, 0.2) is 0 Å². The second-order valence-electron chi connectivity index (χ2n) is 3.97. The Morgan fingerprint density at radius 2 is 1.94 bits per heavy atom. The summed E-state index contributed by atoms with van der Waals surface area (Å²) in [6.07, 6.45) is 1.14. The van der Waals surface area contributed by atoms with Crippen LogP contribution in [-0.4, -0.2) is 9.97 Å². The molecule has 0 amide bonds. The zero-order chi connectivity index (χ0) is 12.3. The average molecular weight is 232 g/mol. The summed E-state index contributed by atoms with van der Waals surface area (Å²) in [6.45, 7) is 4.14. The molecule has 0 aliphatic rings. The molecular weight excluding hydrogens is 219 g/mol. The van der Waals surface area contributed by atoms with Gasteiger partial charge < -0.3 is 4.74 Å². The van der Waals surface area contributed by atoms with Crippen molar-refractivity contribution in [3.63, 3.8) is 0 Å². The molecule has 0 radical (unpaired) electrons. The van der Waals surface area contributed by atoms with Gasteiger partial charge in [-0.2, -0.15) is 4.39 Å². The molecule has 0 N–H and O–H groups in total. The maximum atomic E-state index is 12.9. The molecule has 2 aromatic rings. The summed E-state index contributed by atoms with van der Waals surface area (Å²) in [4.78, 5) is 7.24. The molecule has 0 saturated heterocycles. The fourth-order valence-electron chi connectivity index (χ4n) is 1.54. The lowest BCUT2D eigenvalue weighted by Gasteiger charge is -2.12. The summed E-state index contributed by atoms with van der Waals surface area (Å²) in [5.74, 6) is 0.640. The van der Waals surface area contributed by atoms with Crippen molar-refractivity contribution < 1.29 is 9.13 Å². The average Bonchev–Trinajstić information content (AvgIpc) is 2.29. The Bertz CT molecular complexity index is 514. The van der Waals surface area contributed by atoms with Gasteiger partial charge in [0.1, 0.15) is 12.1 Å². The van der Waals surface area contributed by atoms with Gasteiger partial charge in [0.05, 0.1) is 6.07 Å². The first-order chi connectivity index (χ1) is 8.16. The van der Waals surface area contributed by atoms with Crippen molar-refractivity contribution >= 4 is 0 Å². The Balaban J connectivity index is 2.30. The fraction of sp³-hybridized carbons (Fsp3) is 0.231. The minimum absolute atomic E-state index is 0.214. The number of ether oxygens (including phenoxy) is 1. The number of nitrogens with zero attached hydrogens (tertiary/aromatic N) is 2. The van der Waals surface area contributed by atoms with E-state index in [4.69, 9.17) is 4.74 Å². The van der Waals surface area contributed by atoms with Crippen LogP contribution >= 0.6 is 0 Å². The molecule has 1 aromatic carbocycles. The van der Waals surface area contributed by atoms with E-state index in [9.17, 15) is 4.39 Å². The van der Waals surface area contributed by atoms with E-state index in [-0.39, 0.29) is 5.88 Å². The molecule has 1 aromatic heterocycles. The van der Waals surface area contributed by atoms with Crippen LogP contribution < -0.4 is 4.74 Å². The Labute approximate surface area is 99.3 Å². The van der Waals surface area contributed by atoms with Crippen LogP contribution in [-0.2, 0) is 0 Å². The zero-order valence-electron chi connectivity index (χ0n) is 9.72. The molecule has 0 aliphatic carbocycles. The van der Waals surface area contributed by atoms with Crippen LogP contribution in [0.5, 0.6) is 11.6 Å². The van der Waals surface area contributed by atoms with Crippen LogP contribution in [0.2, 0.25) is 0 Å². The lowest BCUT2D eigenvalue weighted by atomic mass is 10.0. The molecule has 1 heterocycles. The Morgan fingerprint density at radius 3 is 2.65 bits per heavy atom. The maximum absolute atomic E-state index is 12.9. The number of aromatic nitrogens is 2. The molecule has 2 rings (SSSR count). The third-order valence-electron chi connectivity index (χ3n) is 2.36. The number of hydrogen-bond donors (Lipinski definition) is 0. The van der Waals surface area contributed by atoms with E-state index in [2.05, 4.69) is 23.8 Å². The molecule has 0 aliphatic heterocycles. The third kappa shape index (κ3) is 2.78. The first-order valence-electron chi connectivity index (χ1n) is 5.41. The molecule has 0 unspecified atom stereocenters. The molecular formula is C13H13FN2O. The lowest BCUT2D eigenvalue weighted by Crippen LogP contribution is -1.96. The van der Waals surface area contributed by atoms with Crippen LogP contribution in [0, 0.1) is 5.95 Å². The molecule has 0 atom stereocenters. The SMILES string of the molecule is CC(C)c1ccccc1Oc1cc(F)ncn1. The summed E-state index contributed by atoms with van der Waals surface area (Å²) in [5, 5.41) is 0. The van der Waals surface area contributed by atoms with Crippen LogP contribution in [0.4, 0.5) is 4.39 Å². The van der Waals surface area contributed by atoms with E-state index in [0.29, 0.717) is 11.7 Å². The van der Waals surface area contributed by atoms with Crippen molar-refractivity contribution in [3.05, 3.63) is 48.2 Å². The lowest BCUT2D eigenvalue weighted by molar-refractivity contribution is 0.443. The van der Waals surface area contributed by atoms with Crippen molar-refractivity contribution in [3.8, 4) is 11.6 Å². The van der Waals surface area contributed by atoms with E-state index in [1.807, 2.05) is 24.3 Å². The van der Waals surface area contributed by atoms with Gasteiger partial charge in [-0.25, -0.2) is 9.97 Å². The van der Waals surface area contributed by atoms with E-state index in [0.717, 1.165) is 18.0 Å². The van der Waals surface area contributed by atoms with Crippen molar-refractivity contribution in [2.45, 2.75) is 19.8 Å². The summed E-state index contributed by atoms with van der Waals surface area (Å²) >= 11 is 0. The van der Waals surface area contributed by atoms with Crippen molar-refractivity contribution in [1.82, 2.24) is 9.97 Å². The first-order valence-corrected chi connectivity index (χ1v) is 5.41. The van der Waals surface area contributed by atoms with Crippen molar-refractivity contribution in [1.29, 1.82) is 0 Å². The van der Waals surface area contributed by atoms with E-state index >= 15 is 0 Å². The topological polar surface area (TPSA) is 35.0 Å². The van der Waals surface area contributed by atoms with Gasteiger partial charge in [-0.05, 0) is 17.5 Å². The minimum atomic E-state index is -0.600. The van der Waals surface area contributed by atoms with Crippen molar-refractivity contribution in [2.75, 3.05) is 0 Å². The molecule has 0 fully saturated rings. The Morgan fingerprint density at radius 1 is 1.18 bits per heavy atom. The van der Waals surface area contributed by atoms with Gasteiger partial charge in [-0.1, -0.05) is 32.0 Å². The highest BCUT2D eigenvalue weighted by atomic mass is 19.1. The zero-order valence-corrected chi connectivity index (χ0v) is 9.72. The molecule has 88 valence electrons. The first kappa shape index (κ1) is 11.5. The van der Waals surface area contributed by atoms with Gasteiger partial charge >= 0.3 is 0 Å². The van der Waals surface area contributed by atoms with Gasteiger partial charge in [0.2, 0.25) is 11.8 Å². The molecule has 0 spiro atoms. The highest BCUT2D eigenvalue weighted by Crippen LogP contribution is 2.29. The smallest absolute Gasteiger partial charge is 0.225 e. The number of halogens is 1. The van der Waals surface area contributed by atoms with Crippen LogP contribution in [0.3, 0.4) is 0 Å². The highest BCUT2D eigenvalue weighted by Gasteiger charge is 2.08. The monoisotopic (exact) mass is 232 g/mol. The predicted molar refractivity (Wildman–Crippen MR) is 62.6 cm³/mol. The quantitative estimate of drug-likeness (QED) is 0.759. The van der Waals surface area contributed by atoms with Gasteiger partial charge in [0, 0.05) is 0 Å². The van der Waals surface area contributed by atoms with Gasteiger partial charge in [0.25, 0.3) is 0 Å². The summed E-state index contributed by atoms with van der Waals surface area (Å²) in [7, 11) is 0. The number of hydrogen-bond acceptors (Lipinski definition) is 3. The fourth-order valence-corrected chi connectivity index (χ4v) is 1.54. The molecule has 17 heavy (non-hydrogen) atoms. The summed E-state index contributed by atoms with van der Waals surface area (Å²) in [5.41, 5.74) is 1.06. The standard InChI is InChI=1S/C13H13FN2O/c1-9(2)10-5-3-4-6-11(10)17-13-7-12(14)15-8-16-13/h3-9H,1-2H3. The normalized spacial score (nSPS) is 10.6. The molecule has 0 bridgehead atoms. The number of para-hydroxylation sites is 1. The van der Waals surface area contributed by atoms with E-state index in [1.165, 1.54) is 0 Å². The predicted octanol–water partition coefficient (Wildman–Crippen LogP) is 3.53. The Hall–Kier alpha value is -1.97. The van der Waals surface area contributed by atoms with Gasteiger partial charge in [-0.15, -0.1) is 0 Å². The van der Waals surface area contributed by atoms with E-state index < -0.39 is 5.95 Å². The summed E-state index contributed by atoms with van der Waals surface area (Å²) < 4.78 is 18.5. The number of benzene rings is 1. The highest BCUT2D eigenvalue weighted by molar-refractivity contribution is 5.37. The van der Waals surface area contributed by atoms with E-state index in [1.54, 1.807) is 0 Å². The molecule has 3 nitrogen and oxygen atoms in total. The largest absolute Gasteiger partial charge is 0.439 e. The van der Waals surface area contributed by atoms with Crippen LogP contribution in [0.25, 0.3) is 0 Å². The van der Waals surface area contributed by atoms with Crippen LogP contribution in [0.15, 0.2) is 36.7 Å². The second kappa shape index (κ2) is 4.91. The van der Waals surface area contributed by atoms with Gasteiger partial charge in [-0.3, -0.25) is 0 Å². The maximum Gasteiger partial charge on any atom is 0.225 e. The minimum Gasteiger partial charge on any atom is -0.439 e. The second-order valence-corrected chi connectivity index (χ2v) is 3.97. The third-order valence-corrected chi connectivity index (χ3v) is 2.36. The molecule has 0 saturated carbocycles. The summed E-state index contributed by atoms with van der Waals surface area (Å²) in [6, 6.07) is 8.81. The van der Waals surface area contributed by atoms with Crippen molar-refractivity contribution in [2.24, 2.45) is 0 Å². The van der Waals surface area contributed by atoms with Crippen LogP contribution in [0.1, 0.15) is 25.3 Å². The molecule has 4 heteroatoms. The number of rotatable bonds is 3.